The van der Waals surface area contributed by atoms with Crippen LogP contribution in [0.5, 0.6) is 11.5 Å². The number of methoxy groups -OCH3 is 1. The number of aldehydes is 2. The van der Waals surface area contributed by atoms with Gasteiger partial charge < -0.3 is 51.5 Å². The molecule has 0 heterocycles. The van der Waals surface area contributed by atoms with Gasteiger partial charge in [-0.05, 0) is 57.9 Å². The van der Waals surface area contributed by atoms with Gasteiger partial charge in [-0.3, -0.25) is 24.6 Å². The lowest BCUT2D eigenvalue weighted by molar-refractivity contribution is -0.107. The maximum atomic E-state index is 12.2. The molecular formula is C35H48N10O5. The van der Waals surface area contributed by atoms with Crippen LogP contribution < -0.4 is 46.7 Å². The molecule has 0 aliphatic rings. The van der Waals surface area contributed by atoms with E-state index in [4.69, 9.17) is 20.9 Å². The number of hydrogen-bond acceptors (Lipinski definition) is 14. The third kappa shape index (κ3) is 12.3. The van der Waals surface area contributed by atoms with Crippen LogP contribution in [0.4, 0.5) is 22.7 Å². The smallest absolute Gasteiger partial charge is 0.248 e. The number of allylic oxidation sites excluding steroid dienone is 1. The van der Waals surface area contributed by atoms with Gasteiger partial charge in [-0.15, -0.1) is 0 Å². The molecule has 0 bridgehead atoms. The number of benzene rings is 2. The lowest BCUT2D eigenvalue weighted by Gasteiger charge is -2.28. The largest absolute Gasteiger partial charge is 0.494 e. The molecule has 0 atom stereocenters. The highest BCUT2D eigenvalue weighted by atomic mass is 16.5. The molecule has 2 rings (SSSR count). The minimum absolute atomic E-state index is 0.172. The fraction of sp³-hybridized carbons (Fsp3) is 0.314. The van der Waals surface area contributed by atoms with E-state index in [1.54, 1.807) is 36.6 Å². The number of nitrogens with one attached hydrogen (secondary N) is 3. The Morgan fingerprint density at radius 1 is 0.920 bits per heavy atom. The first-order valence-electron chi connectivity index (χ1n) is 15.7. The summed E-state index contributed by atoms with van der Waals surface area (Å²) in [6, 6.07) is 6.48. The van der Waals surface area contributed by atoms with E-state index in [-0.39, 0.29) is 12.2 Å². The quantitative estimate of drug-likeness (QED) is 0.0337. The van der Waals surface area contributed by atoms with Gasteiger partial charge in [-0.25, -0.2) is 0 Å². The van der Waals surface area contributed by atoms with E-state index in [2.05, 4.69) is 44.4 Å². The molecule has 15 nitrogen and oxygen atoms in total. The van der Waals surface area contributed by atoms with Crippen LogP contribution in [0.1, 0.15) is 27.1 Å². The summed E-state index contributed by atoms with van der Waals surface area (Å²) in [5.41, 5.74) is 14.7. The van der Waals surface area contributed by atoms with Gasteiger partial charge in [-0.2, -0.15) is 0 Å². The predicted octanol–water partition coefficient (Wildman–Crippen LogP) is 2.48. The van der Waals surface area contributed by atoms with Crippen LogP contribution in [0.25, 0.3) is 0 Å². The number of carbonyl (C=O) groups excluding carboxylic acids is 3. The van der Waals surface area contributed by atoms with Crippen LogP contribution in [0.3, 0.4) is 0 Å². The number of hydrogen-bond donors (Lipinski definition) is 5. The topological polar surface area (TPSA) is 201 Å². The first-order chi connectivity index (χ1) is 24.3. The van der Waals surface area contributed by atoms with Crippen molar-refractivity contribution in [1.82, 2.24) is 16.0 Å². The normalized spacial score (nSPS) is 11.5. The van der Waals surface area contributed by atoms with Crippen LogP contribution in [0, 0.1) is 0 Å². The Morgan fingerprint density at radius 3 is 2.10 bits per heavy atom. The molecule has 0 aliphatic heterocycles. The molecule has 268 valence electrons. The highest BCUT2D eigenvalue weighted by Crippen LogP contribution is 2.40. The second kappa shape index (κ2) is 22.7. The summed E-state index contributed by atoms with van der Waals surface area (Å²) in [4.78, 5) is 50.8. The first-order valence-corrected chi connectivity index (χ1v) is 15.7. The van der Waals surface area contributed by atoms with E-state index in [0.717, 1.165) is 12.6 Å². The Hall–Kier alpha value is -5.80. The molecule has 15 heteroatoms. The number of aliphatic imine (C=N–C) groups is 3. The van der Waals surface area contributed by atoms with Gasteiger partial charge in [-0.1, -0.05) is 18.2 Å². The van der Waals surface area contributed by atoms with Crippen LogP contribution in [-0.4, -0.2) is 105 Å². The molecule has 50 heavy (non-hydrogen) atoms. The van der Waals surface area contributed by atoms with Crippen molar-refractivity contribution in [2.45, 2.75) is 6.42 Å². The first kappa shape index (κ1) is 40.4. The average Bonchev–Trinajstić information content (AvgIpc) is 3.13. The second-order valence-electron chi connectivity index (χ2n) is 10.5. The molecule has 0 spiro atoms. The van der Waals surface area contributed by atoms with E-state index in [1.807, 2.05) is 42.1 Å². The van der Waals surface area contributed by atoms with Gasteiger partial charge in [0.15, 0.2) is 0 Å². The minimum atomic E-state index is -0.628. The summed E-state index contributed by atoms with van der Waals surface area (Å²) < 4.78 is 11.7. The Kier molecular flexibility index (Phi) is 18.3. The fourth-order valence-corrected chi connectivity index (χ4v) is 4.73. The van der Waals surface area contributed by atoms with Gasteiger partial charge in [0.05, 0.1) is 44.1 Å². The molecule has 0 unspecified atom stereocenters. The zero-order chi connectivity index (χ0) is 36.7. The Morgan fingerprint density at radius 2 is 1.56 bits per heavy atom. The third-order valence-corrected chi connectivity index (χ3v) is 6.98. The Labute approximate surface area is 293 Å². The van der Waals surface area contributed by atoms with Crippen molar-refractivity contribution in [2.75, 3.05) is 77.1 Å². The van der Waals surface area contributed by atoms with Gasteiger partial charge in [0.2, 0.25) is 5.91 Å². The standard InChI is InChI=1S/C35H48N10O5/c1-38-24-44(33-29(40-3)17-26(23-47)18-31(33)49-5)13-7-8-14-45(25-39-2)34-30(41-4)19-27(35(37)48)20-32(34)50-16-9-6-11-42-22-28(21-36)43-12-10-15-46/h6-9,15,17-23,38-39,43H,3-4,10-14,16,24-25,36H2,1-2,5H3,(H2,37,48)/b8-7+,9-6+,28-21+,42-22?. The van der Waals surface area contributed by atoms with Crippen LogP contribution >= 0.6 is 0 Å². The molecule has 7 N–H and O–H groups in total. The molecule has 0 radical (unpaired) electrons. The van der Waals surface area contributed by atoms with E-state index in [9.17, 15) is 14.4 Å². The molecule has 2 aromatic carbocycles. The Balaban J connectivity index is 2.30. The summed E-state index contributed by atoms with van der Waals surface area (Å²) >= 11 is 0. The van der Waals surface area contributed by atoms with E-state index in [1.165, 1.54) is 13.3 Å². The van der Waals surface area contributed by atoms with Crippen molar-refractivity contribution >= 4 is 60.9 Å². The number of primary amides is 1. The summed E-state index contributed by atoms with van der Waals surface area (Å²) in [6.45, 7) is 10.2. The number of ether oxygens (including phenoxy) is 2. The molecular weight excluding hydrogens is 640 g/mol. The van der Waals surface area contributed by atoms with Crippen LogP contribution in [0.2, 0.25) is 0 Å². The summed E-state index contributed by atoms with van der Waals surface area (Å²) in [5, 5.41) is 9.34. The molecule has 0 saturated heterocycles. The van der Waals surface area contributed by atoms with E-state index in [0.29, 0.717) is 91.4 Å². The number of nitrogens with two attached hydrogens (primary N) is 2. The van der Waals surface area contributed by atoms with Crippen molar-refractivity contribution in [1.29, 1.82) is 0 Å². The third-order valence-electron chi connectivity index (χ3n) is 6.98. The maximum Gasteiger partial charge on any atom is 0.248 e. The van der Waals surface area contributed by atoms with Crippen molar-refractivity contribution < 1.29 is 23.9 Å². The number of anilines is 2. The fourth-order valence-electron chi connectivity index (χ4n) is 4.73. The van der Waals surface area contributed by atoms with Crippen molar-refractivity contribution in [2.24, 2.45) is 26.4 Å². The number of rotatable bonds is 25. The molecule has 0 fully saturated rings. The highest BCUT2D eigenvalue weighted by molar-refractivity contribution is 5.96. The summed E-state index contributed by atoms with van der Waals surface area (Å²) in [5.74, 6) is 0.264. The second-order valence-corrected chi connectivity index (χ2v) is 10.5. The van der Waals surface area contributed by atoms with Crippen molar-refractivity contribution in [3.05, 3.63) is 71.6 Å². The Bertz CT molecular complexity index is 1570. The average molecular weight is 689 g/mol. The summed E-state index contributed by atoms with van der Waals surface area (Å²) in [6.07, 6.45) is 12.5. The van der Waals surface area contributed by atoms with Crippen molar-refractivity contribution in [3.63, 3.8) is 0 Å². The van der Waals surface area contributed by atoms with Gasteiger partial charge in [0.1, 0.15) is 42.1 Å². The van der Waals surface area contributed by atoms with Crippen molar-refractivity contribution in [3.8, 4) is 11.5 Å². The molecule has 0 aliphatic carbocycles. The number of amides is 1. The lowest BCUT2D eigenvalue weighted by Crippen LogP contribution is -2.34. The SMILES string of the molecule is C=Nc1cc(C=O)cc(OC)c1N(C/C=C/CN(CNC)c1c(N=C)cc(C(N)=O)cc1OC/C=C/CN=C/C(=C\N)NCCC=O)CNC. The molecule has 0 saturated carbocycles. The van der Waals surface area contributed by atoms with E-state index >= 15 is 0 Å². The minimum Gasteiger partial charge on any atom is -0.494 e. The van der Waals surface area contributed by atoms with Gasteiger partial charge in [0.25, 0.3) is 0 Å². The predicted molar refractivity (Wildman–Crippen MR) is 202 cm³/mol. The van der Waals surface area contributed by atoms with Crippen LogP contribution in [-0.2, 0) is 4.79 Å². The molecule has 0 aromatic heterocycles. The van der Waals surface area contributed by atoms with E-state index < -0.39 is 5.91 Å². The maximum absolute atomic E-state index is 12.2. The zero-order valence-corrected chi connectivity index (χ0v) is 28.9. The van der Waals surface area contributed by atoms with Gasteiger partial charge >= 0.3 is 0 Å². The lowest BCUT2D eigenvalue weighted by atomic mass is 10.1. The van der Waals surface area contributed by atoms with Crippen LogP contribution in [0.15, 0.2) is 75.4 Å². The van der Waals surface area contributed by atoms with Gasteiger partial charge in [0, 0.05) is 49.6 Å². The highest BCUT2D eigenvalue weighted by Gasteiger charge is 2.20. The number of carbonyl (C=O) groups is 3. The molecule has 1 amide bonds. The molecule has 2 aromatic rings. The number of nitrogens with zero attached hydrogens (tertiary/aromatic N) is 5. The summed E-state index contributed by atoms with van der Waals surface area (Å²) in [7, 11) is 5.18. The zero-order valence-electron chi connectivity index (χ0n) is 28.9. The monoisotopic (exact) mass is 688 g/mol.